The van der Waals surface area contributed by atoms with E-state index >= 15 is 0 Å². The highest BCUT2D eigenvalue weighted by Gasteiger charge is 2.20. The zero-order valence-electron chi connectivity index (χ0n) is 16.1. The molecule has 27 heavy (non-hydrogen) atoms. The van der Waals surface area contributed by atoms with Gasteiger partial charge in [-0.05, 0) is 30.2 Å². The van der Waals surface area contributed by atoms with Crippen molar-refractivity contribution in [3.8, 4) is 5.75 Å². The maximum atomic E-state index is 12.4. The highest BCUT2D eigenvalue weighted by Crippen LogP contribution is 2.17. The van der Waals surface area contributed by atoms with Crippen LogP contribution in [0.4, 0.5) is 0 Å². The Morgan fingerprint density at radius 1 is 1.00 bits per heavy atom. The number of methoxy groups -OCH3 is 1. The van der Waals surface area contributed by atoms with Crippen molar-refractivity contribution in [3.63, 3.8) is 0 Å². The van der Waals surface area contributed by atoms with Gasteiger partial charge in [0.05, 0.1) is 13.7 Å². The van der Waals surface area contributed by atoms with Gasteiger partial charge in [0.25, 0.3) is 0 Å². The molecule has 0 saturated carbocycles. The second kappa shape index (κ2) is 10.1. The van der Waals surface area contributed by atoms with Gasteiger partial charge in [0.15, 0.2) is 0 Å². The first-order valence-corrected chi connectivity index (χ1v) is 9.63. The van der Waals surface area contributed by atoms with Crippen LogP contribution in [0.2, 0.25) is 0 Å². The molecule has 1 aliphatic rings. The van der Waals surface area contributed by atoms with Crippen molar-refractivity contribution in [2.24, 2.45) is 0 Å². The SMILES string of the molecule is COc1ccccc1CCNCC(=O)N1CCN(Cc2ccccc2)CC1. The second-order valence-electron chi connectivity index (χ2n) is 6.88. The molecule has 1 amide bonds. The lowest BCUT2D eigenvalue weighted by molar-refractivity contribution is -0.132. The molecule has 1 N–H and O–H groups in total. The third kappa shape index (κ3) is 5.81. The lowest BCUT2D eigenvalue weighted by Crippen LogP contribution is -2.50. The van der Waals surface area contributed by atoms with Crippen LogP contribution in [0.3, 0.4) is 0 Å². The number of carbonyl (C=O) groups excluding carboxylic acids is 1. The first-order chi connectivity index (χ1) is 13.3. The standard InChI is InChI=1S/C22H29N3O2/c1-27-21-10-6-5-9-20(21)11-12-23-17-22(26)25-15-13-24(14-16-25)18-19-7-3-2-4-8-19/h2-10,23H,11-18H2,1H3. The molecule has 1 heterocycles. The third-order valence-electron chi connectivity index (χ3n) is 5.01. The number of rotatable bonds is 8. The van der Waals surface area contributed by atoms with Crippen LogP contribution in [0.25, 0.3) is 0 Å². The first kappa shape index (κ1) is 19.4. The average Bonchev–Trinajstić information content (AvgIpc) is 2.72. The number of amides is 1. The summed E-state index contributed by atoms with van der Waals surface area (Å²) in [6, 6.07) is 18.5. The predicted octanol–water partition coefficient (Wildman–Crippen LogP) is 2.17. The van der Waals surface area contributed by atoms with E-state index < -0.39 is 0 Å². The predicted molar refractivity (Wildman–Crippen MR) is 108 cm³/mol. The lowest BCUT2D eigenvalue weighted by atomic mass is 10.1. The van der Waals surface area contributed by atoms with Crippen molar-refractivity contribution in [1.82, 2.24) is 15.1 Å². The van der Waals surface area contributed by atoms with Gasteiger partial charge < -0.3 is 15.0 Å². The van der Waals surface area contributed by atoms with E-state index in [1.165, 1.54) is 5.56 Å². The van der Waals surface area contributed by atoms with Crippen LogP contribution in [0.1, 0.15) is 11.1 Å². The van der Waals surface area contributed by atoms with Gasteiger partial charge in [-0.15, -0.1) is 0 Å². The third-order valence-corrected chi connectivity index (χ3v) is 5.01. The first-order valence-electron chi connectivity index (χ1n) is 9.63. The minimum absolute atomic E-state index is 0.189. The van der Waals surface area contributed by atoms with Gasteiger partial charge >= 0.3 is 0 Å². The monoisotopic (exact) mass is 367 g/mol. The summed E-state index contributed by atoms with van der Waals surface area (Å²) in [7, 11) is 1.69. The zero-order chi connectivity index (χ0) is 18.9. The van der Waals surface area contributed by atoms with E-state index in [-0.39, 0.29) is 5.91 Å². The van der Waals surface area contributed by atoms with Crippen molar-refractivity contribution in [3.05, 3.63) is 65.7 Å². The zero-order valence-corrected chi connectivity index (χ0v) is 16.1. The lowest BCUT2D eigenvalue weighted by Gasteiger charge is -2.34. The Bertz CT molecular complexity index is 713. The molecule has 0 radical (unpaired) electrons. The van der Waals surface area contributed by atoms with Gasteiger partial charge in [0, 0.05) is 32.7 Å². The van der Waals surface area contributed by atoms with Gasteiger partial charge in [-0.3, -0.25) is 9.69 Å². The van der Waals surface area contributed by atoms with Crippen molar-refractivity contribution < 1.29 is 9.53 Å². The Balaban J connectivity index is 1.35. The summed E-state index contributed by atoms with van der Waals surface area (Å²) >= 11 is 0. The summed E-state index contributed by atoms with van der Waals surface area (Å²) in [5.74, 6) is 1.09. The number of nitrogens with one attached hydrogen (secondary N) is 1. The van der Waals surface area contributed by atoms with Gasteiger partial charge in [-0.1, -0.05) is 48.5 Å². The summed E-state index contributed by atoms with van der Waals surface area (Å²) in [6.45, 7) is 5.59. The minimum atomic E-state index is 0.189. The molecule has 1 aliphatic heterocycles. The molecule has 5 heteroatoms. The van der Waals surface area contributed by atoms with E-state index in [0.29, 0.717) is 6.54 Å². The number of hydrogen-bond acceptors (Lipinski definition) is 4. The van der Waals surface area contributed by atoms with E-state index in [0.717, 1.165) is 57.0 Å². The molecule has 1 fully saturated rings. The van der Waals surface area contributed by atoms with Crippen LogP contribution in [-0.4, -0.2) is 62.1 Å². The van der Waals surface area contributed by atoms with Crippen molar-refractivity contribution >= 4 is 5.91 Å². The van der Waals surface area contributed by atoms with Crippen LogP contribution < -0.4 is 10.1 Å². The van der Waals surface area contributed by atoms with E-state index in [2.05, 4.69) is 40.5 Å². The number of carbonyl (C=O) groups is 1. The molecular weight excluding hydrogens is 338 g/mol. The minimum Gasteiger partial charge on any atom is -0.496 e. The molecule has 0 aliphatic carbocycles. The summed E-state index contributed by atoms with van der Waals surface area (Å²) in [5, 5.41) is 3.27. The van der Waals surface area contributed by atoms with Crippen LogP contribution in [0, 0.1) is 0 Å². The summed E-state index contributed by atoms with van der Waals surface area (Å²) in [4.78, 5) is 16.8. The number of benzene rings is 2. The molecule has 0 spiro atoms. The highest BCUT2D eigenvalue weighted by molar-refractivity contribution is 5.78. The van der Waals surface area contributed by atoms with Crippen molar-refractivity contribution in [1.29, 1.82) is 0 Å². The maximum absolute atomic E-state index is 12.4. The molecule has 2 aromatic carbocycles. The Hall–Kier alpha value is -2.37. The van der Waals surface area contributed by atoms with Gasteiger partial charge in [0.1, 0.15) is 5.75 Å². The maximum Gasteiger partial charge on any atom is 0.236 e. The molecule has 5 nitrogen and oxygen atoms in total. The molecular formula is C22H29N3O2. The van der Waals surface area contributed by atoms with Gasteiger partial charge in [0.2, 0.25) is 5.91 Å². The summed E-state index contributed by atoms with van der Waals surface area (Å²) in [5.41, 5.74) is 2.49. The topological polar surface area (TPSA) is 44.8 Å². The average molecular weight is 367 g/mol. The van der Waals surface area contributed by atoms with E-state index in [9.17, 15) is 4.79 Å². The van der Waals surface area contributed by atoms with Crippen molar-refractivity contribution in [2.75, 3.05) is 46.4 Å². The quantitative estimate of drug-likeness (QED) is 0.727. The highest BCUT2D eigenvalue weighted by atomic mass is 16.5. The van der Waals surface area contributed by atoms with Crippen molar-refractivity contribution in [2.45, 2.75) is 13.0 Å². The Labute approximate surface area is 161 Å². The van der Waals surface area contributed by atoms with Crippen LogP contribution in [-0.2, 0) is 17.8 Å². The molecule has 0 aromatic heterocycles. The van der Waals surface area contributed by atoms with Gasteiger partial charge in [-0.2, -0.15) is 0 Å². The Morgan fingerprint density at radius 2 is 1.70 bits per heavy atom. The molecule has 1 saturated heterocycles. The number of piperazine rings is 1. The number of para-hydroxylation sites is 1. The summed E-state index contributed by atoms with van der Waals surface area (Å²) in [6.07, 6.45) is 0.849. The molecule has 144 valence electrons. The molecule has 0 atom stereocenters. The smallest absolute Gasteiger partial charge is 0.236 e. The Kier molecular flexibility index (Phi) is 7.25. The molecule has 0 bridgehead atoms. The fourth-order valence-corrected chi connectivity index (χ4v) is 3.44. The fourth-order valence-electron chi connectivity index (χ4n) is 3.44. The van der Waals surface area contributed by atoms with Gasteiger partial charge in [-0.25, -0.2) is 0 Å². The van der Waals surface area contributed by atoms with E-state index in [4.69, 9.17) is 4.74 Å². The fraction of sp³-hybridized carbons (Fsp3) is 0.409. The number of nitrogens with zero attached hydrogens (tertiary/aromatic N) is 2. The normalized spacial score (nSPS) is 14.9. The second-order valence-corrected chi connectivity index (χ2v) is 6.88. The van der Waals surface area contributed by atoms with E-state index in [1.54, 1.807) is 7.11 Å². The molecule has 2 aromatic rings. The number of hydrogen-bond donors (Lipinski definition) is 1. The Morgan fingerprint density at radius 3 is 2.44 bits per heavy atom. The van der Waals surface area contributed by atoms with E-state index in [1.807, 2.05) is 29.2 Å². The summed E-state index contributed by atoms with van der Waals surface area (Å²) < 4.78 is 5.36. The largest absolute Gasteiger partial charge is 0.496 e. The van der Waals surface area contributed by atoms with Crippen LogP contribution in [0.5, 0.6) is 5.75 Å². The molecule has 0 unspecified atom stereocenters. The molecule has 3 rings (SSSR count). The number of ether oxygens (including phenoxy) is 1. The van der Waals surface area contributed by atoms with Crippen LogP contribution >= 0.6 is 0 Å². The van der Waals surface area contributed by atoms with Crippen LogP contribution in [0.15, 0.2) is 54.6 Å².